The van der Waals surface area contributed by atoms with E-state index in [4.69, 9.17) is 0 Å². The maximum absolute atomic E-state index is 12.0. The lowest BCUT2D eigenvalue weighted by molar-refractivity contribution is -0.136. The minimum absolute atomic E-state index is 0.180. The highest BCUT2D eigenvalue weighted by molar-refractivity contribution is 6.39. The molecule has 2 N–H and O–H groups in total. The average Bonchev–Trinajstić information content (AvgIpc) is 2.91. The number of benzene rings is 1. The topological polar surface area (TPSA) is 89.4 Å². The molecule has 0 spiro atoms. The van der Waals surface area contributed by atoms with E-state index in [9.17, 15) is 14.4 Å². The van der Waals surface area contributed by atoms with E-state index in [2.05, 4.69) is 15.4 Å². The molecule has 2 aromatic rings. The van der Waals surface area contributed by atoms with Gasteiger partial charge in [-0.2, -0.15) is 0 Å². The van der Waals surface area contributed by atoms with Gasteiger partial charge in [-0.15, -0.1) is 0 Å². The van der Waals surface area contributed by atoms with E-state index < -0.39 is 17.8 Å². The van der Waals surface area contributed by atoms with Crippen molar-refractivity contribution in [3.05, 3.63) is 53.3 Å². The summed E-state index contributed by atoms with van der Waals surface area (Å²) >= 11 is 0. The molecule has 0 atom stereocenters. The Kier molecular flexibility index (Phi) is 5.36. The van der Waals surface area contributed by atoms with Gasteiger partial charge in [-0.1, -0.05) is 12.1 Å². The fourth-order valence-electron chi connectivity index (χ4n) is 2.15. The van der Waals surface area contributed by atoms with Gasteiger partial charge in [0.15, 0.2) is 0 Å². The predicted molar refractivity (Wildman–Crippen MR) is 88.4 cm³/mol. The molecule has 0 aliphatic rings. The van der Waals surface area contributed by atoms with E-state index in [0.29, 0.717) is 0 Å². The van der Waals surface area contributed by atoms with Crippen LogP contribution in [0.2, 0.25) is 0 Å². The molecule has 0 aliphatic carbocycles. The Bertz CT molecular complexity index is 780. The second-order valence-corrected chi connectivity index (χ2v) is 5.20. The van der Waals surface area contributed by atoms with E-state index in [0.717, 1.165) is 11.4 Å². The molecule has 0 saturated heterocycles. The number of anilines is 1. The number of methoxy groups -OCH3 is 1. The fourth-order valence-corrected chi connectivity index (χ4v) is 2.15. The van der Waals surface area contributed by atoms with Crippen LogP contribution in [0, 0.1) is 6.92 Å². The SMILES string of the molecule is COC(=O)c1ccccc1NC(=O)C(=O)NCc1ccc(C)n1C. The highest BCUT2D eigenvalue weighted by Gasteiger charge is 2.18. The molecule has 2 rings (SSSR count). The Morgan fingerprint density at radius 2 is 1.79 bits per heavy atom. The molecular formula is C17H19N3O4. The number of aromatic nitrogens is 1. The molecule has 1 heterocycles. The first-order chi connectivity index (χ1) is 11.4. The van der Waals surface area contributed by atoms with E-state index in [1.807, 2.05) is 30.7 Å². The van der Waals surface area contributed by atoms with E-state index in [-0.39, 0.29) is 17.8 Å². The number of nitrogens with one attached hydrogen (secondary N) is 2. The van der Waals surface area contributed by atoms with Gasteiger partial charge >= 0.3 is 17.8 Å². The van der Waals surface area contributed by atoms with Gasteiger partial charge in [0.2, 0.25) is 0 Å². The van der Waals surface area contributed by atoms with Crippen LogP contribution in [-0.2, 0) is 27.9 Å². The van der Waals surface area contributed by atoms with Crippen molar-refractivity contribution in [1.82, 2.24) is 9.88 Å². The number of para-hydroxylation sites is 1. The first-order valence-electron chi connectivity index (χ1n) is 7.31. The van der Waals surface area contributed by atoms with E-state index >= 15 is 0 Å². The van der Waals surface area contributed by atoms with E-state index in [1.54, 1.807) is 12.1 Å². The predicted octanol–water partition coefficient (Wildman–Crippen LogP) is 1.38. The van der Waals surface area contributed by atoms with Gasteiger partial charge in [-0.3, -0.25) is 9.59 Å². The summed E-state index contributed by atoms with van der Waals surface area (Å²) in [6, 6.07) is 10.1. The van der Waals surface area contributed by atoms with Crippen molar-refractivity contribution in [1.29, 1.82) is 0 Å². The lowest BCUT2D eigenvalue weighted by Gasteiger charge is -2.10. The molecule has 0 saturated carbocycles. The van der Waals surface area contributed by atoms with E-state index in [1.165, 1.54) is 19.2 Å². The number of esters is 1. The molecular weight excluding hydrogens is 310 g/mol. The molecule has 7 nitrogen and oxygen atoms in total. The fraction of sp³-hybridized carbons (Fsp3) is 0.235. The Hall–Kier alpha value is -3.09. The van der Waals surface area contributed by atoms with Crippen molar-refractivity contribution >= 4 is 23.5 Å². The van der Waals surface area contributed by atoms with Crippen LogP contribution in [0.5, 0.6) is 0 Å². The first kappa shape index (κ1) is 17.3. The van der Waals surface area contributed by atoms with Gasteiger partial charge in [0, 0.05) is 18.4 Å². The van der Waals surface area contributed by atoms with Crippen LogP contribution in [0.25, 0.3) is 0 Å². The van der Waals surface area contributed by atoms with Crippen LogP contribution in [0.15, 0.2) is 36.4 Å². The number of hydrogen-bond donors (Lipinski definition) is 2. The molecule has 0 fully saturated rings. The summed E-state index contributed by atoms with van der Waals surface area (Å²) in [4.78, 5) is 35.6. The zero-order valence-electron chi connectivity index (χ0n) is 13.8. The zero-order chi connectivity index (χ0) is 17.7. The lowest BCUT2D eigenvalue weighted by atomic mass is 10.2. The first-order valence-corrected chi connectivity index (χ1v) is 7.31. The van der Waals surface area contributed by atoms with Crippen LogP contribution in [0.1, 0.15) is 21.7 Å². The molecule has 1 aromatic heterocycles. The summed E-state index contributed by atoms with van der Waals surface area (Å²) < 4.78 is 6.57. The smallest absolute Gasteiger partial charge is 0.339 e. The molecule has 0 radical (unpaired) electrons. The molecule has 1 aromatic carbocycles. The number of carbonyl (C=O) groups is 3. The van der Waals surface area contributed by atoms with Crippen LogP contribution in [0.4, 0.5) is 5.69 Å². The Morgan fingerprint density at radius 1 is 1.08 bits per heavy atom. The van der Waals surface area contributed by atoms with Crippen LogP contribution in [0.3, 0.4) is 0 Å². The molecule has 0 unspecified atom stereocenters. The monoisotopic (exact) mass is 329 g/mol. The number of aryl methyl sites for hydroxylation is 1. The zero-order valence-corrected chi connectivity index (χ0v) is 13.8. The lowest BCUT2D eigenvalue weighted by Crippen LogP contribution is -2.35. The van der Waals surface area contributed by atoms with Crippen molar-refractivity contribution in [3.8, 4) is 0 Å². The number of hydrogen-bond acceptors (Lipinski definition) is 4. The summed E-state index contributed by atoms with van der Waals surface area (Å²) in [7, 11) is 3.12. The van der Waals surface area contributed by atoms with Gasteiger partial charge in [-0.05, 0) is 31.2 Å². The standard InChI is InChI=1S/C17H19N3O4/c1-11-8-9-12(20(11)2)10-18-15(21)16(22)19-14-7-5-4-6-13(14)17(23)24-3/h4-9H,10H2,1-3H3,(H,18,21)(H,19,22). The third-order valence-corrected chi connectivity index (χ3v) is 3.69. The Balaban J connectivity index is 2.01. The van der Waals surface area contributed by atoms with Gasteiger partial charge in [0.05, 0.1) is 24.9 Å². The second-order valence-electron chi connectivity index (χ2n) is 5.20. The van der Waals surface area contributed by atoms with Crippen molar-refractivity contribution in [2.24, 2.45) is 7.05 Å². The summed E-state index contributed by atoms with van der Waals surface area (Å²) in [5.74, 6) is -2.23. The normalized spacial score (nSPS) is 10.1. The number of rotatable bonds is 4. The highest BCUT2D eigenvalue weighted by atomic mass is 16.5. The van der Waals surface area contributed by atoms with Gasteiger partial charge in [-0.25, -0.2) is 4.79 Å². The van der Waals surface area contributed by atoms with Gasteiger partial charge in [0.25, 0.3) is 0 Å². The largest absolute Gasteiger partial charge is 0.465 e. The van der Waals surface area contributed by atoms with Crippen molar-refractivity contribution < 1.29 is 19.1 Å². The van der Waals surface area contributed by atoms with Crippen molar-refractivity contribution in [2.45, 2.75) is 13.5 Å². The van der Waals surface area contributed by atoms with Crippen LogP contribution < -0.4 is 10.6 Å². The number of amides is 2. The van der Waals surface area contributed by atoms with Gasteiger partial charge < -0.3 is 19.9 Å². The second kappa shape index (κ2) is 7.45. The van der Waals surface area contributed by atoms with Crippen molar-refractivity contribution in [2.75, 3.05) is 12.4 Å². The minimum Gasteiger partial charge on any atom is -0.465 e. The molecule has 0 aliphatic heterocycles. The maximum Gasteiger partial charge on any atom is 0.339 e. The molecule has 0 bridgehead atoms. The number of nitrogens with zero attached hydrogens (tertiary/aromatic N) is 1. The summed E-state index contributed by atoms with van der Waals surface area (Å²) in [6.07, 6.45) is 0. The number of carbonyl (C=O) groups excluding carboxylic acids is 3. The highest BCUT2D eigenvalue weighted by Crippen LogP contribution is 2.15. The average molecular weight is 329 g/mol. The third-order valence-electron chi connectivity index (χ3n) is 3.69. The molecule has 24 heavy (non-hydrogen) atoms. The summed E-state index contributed by atoms with van der Waals surface area (Å²) in [6.45, 7) is 2.18. The summed E-state index contributed by atoms with van der Waals surface area (Å²) in [5, 5.41) is 4.97. The minimum atomic E-state index is -0.850. The third kappa shape index (κ3) is 3.81. The van der Waals surface area contributed by atoms with Gasteiger partial charge in [0.1, 0.15) is 0 Å². The van der Waals surface area contributed by atoms with Crippen LogP contribution in [-0.4, -0.2) is 29.5 Å². The Morgan fingerprint density at radius 3 is 2.42 bits per heavy atom. The summed E-state index contributed by atoms with van der Waals surface area (Å²) in [5.41, 5.74) is 2.33. The molecule has 126 valence electrons. The van der Waals surface area contributed by atoms with Crippen molar-refractivity contribution in [3.63, 3.8) is 0 Å². The number of ether oxygens (including phenoxy) is 1. The molecule has 7 heteroatoms. The molecule has 2 amide bonds. The Labute approximate surface area is 139 Å². The maximum atomic E-state index is 12.0. The van der Waals surface area contributed by atoms with Crippen LogP contribution >= 0.6 is 0 Å². The quantitative estimate of drug-likeness (QED) is 0.655.